The Morgan fingerprint density at radius 1 is 1.10 bits per heavy atom. The van der Waals surface area contributed by atoms with Crippen LogP contribution in [0.4, 0.5) is 0 Å². The van der Waals surface area contributed by atoms with Gasteiger partial charge in [0.05, 0.1) is 25.3 Å². The molecule has 2 heterocycles. The quantitative estimate of drug-likeness (QED) is 0.654. The van der Waals surface area contributed by atoms with Gasteiger partial charge in [0.2, 0.25) is 0 Å². The molecule has 0 amide bonds. The average Bonchev–Trinajstić information content (AvgIpc) is 2.74. The van der Waals surface area contributed by atoms with Gasteiger partial charge >= 0.3 is 0 Å². The van der Waals surface area contributed by atoms with Crippen molar-refractivity contribution in [1.29, 1.82) is 5.26 Å². The lowest BCUT2D eigenvalue weighted by atomic mass is 9.89. The van der Waals surface area contributed by atoms with Crippen LogP contribution in [0.1, 0.15) is 36.1 Å². The molecule has 0 unspecified atom stereocenters. The molecule has 1 aliphatic heterocycles. The third kappa shape index (κ3) is 3.72. The second-order valence-electron chi connectivity index (χ2n) is 7.79. The second-order valence-corrected chi connectivity index (χ2v) is 7.79. The van der Waals surface area contributed by atoms with Crippen LogP contribution in [-0.4, -0.2) is 17.3 Å². The van der Waals surface area contributed by atoms with E-state index in [1.54, 1.807) is 36.1 Å². The van der Waals surface area contributed by atoms with Crippen LogP contribution in [-0.2, 0) is 6.54 Å². The monoisotopic (exact) mass is 398 g/mol. The summed E-state index contributed by atoms with van der Waals surface area (Å²) < 4.78 is 12.9. The Bertz CT molecular complexity index is 1230. The number of nitrogens with zero attached hydrogens (tertiary/aromatic N) is 2. The maximum Gasteiger partial charge on any atom is 0.258 e. The SMILES string of the molecule is COc1ccc(Cn2cccc(C3=CC(C)(C)Oc4ccc(C#N)cc43)c2=O)cc1. The number of hydrogen-bond acceptors (Lipinski definition) is 4. The molecular weight excluding hydrogens is 376 g/mol. The van der Waals surface area contributed by atoms with Gasteiger partial charge in [0.1, 0.15) is 17.1 Å². The normalized spacial score (nSPS) is 14.1. The van der Waals surface area contributed by atoms with Gasteiger partial charge in [-0.15, -0.1) is 0 Å². The number of methoxy groups -OCH3 is 1. The van der Waals surface area contributed by atoms with Crippen molar-refractivity contribution in [2.24, 2.45) is 0 Å². The smallest absolute Gasteiger partial charge is 0.258 e. The van der Waals surface area contributed by atoms with Crippen molar-refractivity contribution < 1.29 is 9.47 Å². The summed E-state index contributed by atoms with van der Waals surface area (Å²) in [5.74, 6) is 1.45. The van der Waals surface area contributed by atoms with Crippen LogP contribution in [0.5, 0.6) is 11.5 Å². The molecule has 0 N–H and O–H groups in total. The molecule has 0 spiro atoms. The predicted octanol–water partition coefficient (Wildman–Crippen LogP) is 4.38. The molecule has 0 atom stereocenters. The minimum absolute atomic E-state index is 0.0921. The second kappa shape index (κ2) is 7.57. The molecule has 5 heteroatoms. The molecule has 3 aromatic rings. The first-order valence-electron chi connectivity index (χ1n) is 9.69. The van der Waals surface area contributed by atoms with E-state index in [0.717, 1.165) is 22.4 Å². The molecule has 0 bridgehead atoms. The van der Waals surface area contributed by atoms with Crippen LogP contribution in [0, 0.1) is 11.3 Å². The van der Waals surface area contributed by atoms with Crippen LogP contribution in [0.3, 0.4) is 0 Å². The summed E-state index contributed by atoms with van der Waals surface area (Å²) >= 11 is 0. The van der Waals surface area contributed by atoms with Gasteiger partial charge < -0.3 is 14.0 Å². The molecular formula is C25H22N2O3. The van der Waals surface area contributed by atoms with Gasteiger partial charge in [0, 0.05) is 17.3 Å². The topological polar surface area (TPSA) is 64.2 Å². The highest BCUT2D eigenvalue weighted by Gasteiger charge is 2.28. The first kappa shape index (κ1) is 19.5. The van der Waals surface area contributed by atoms with E-state index < -0.39 is 5.60 Å². The summed E-state index contributed by atoms with van der Waals surface area (Å²) in [6.45, 7) is 4.36. The Morgan fingerprint density at radius 2 is 1.87 bits per heavy atom. The fourth-order valence-electron chi connectivity index (χ4n) is 3.65. The Balaban J connectivity index is 1.79. The predicted molar refractivity (Wildman–Crippen MR) is 116 cm³/mol. The molecule has 5 nitrogen and oxygen atoms in total. The number of pyridine rings is 1. The van der Waals surface area contributed by atoms with Gasteiger partial charge in [-0.2, -0.15) is 5.26 Å². The summed E-state index contributed by atoms with van der Waals surface area (Å²) in [6.07, 6.45) is 3.73. The number of ether oxygens (including phenoxy) is 2. The molecule has 30 heavy (non-hydrogen) atoms. The molecule has 150 valence electrons. The number of rotatable bonds is 4. The van der Waals surface area contributed by atoms with Crippen LogP contribution >= 0.6 is 0 Å². The molecule has 0 fully saturated rings. The zero-order chi connectivity index (χ0) is 21.3. The van der Waals surface area contributed by atoms with Crippen molar-refractivity contribution >= 4 is 5.57 Å². The summed E-state index contributed by atoms with van der Waals surface area (Å²) in [5.41, 5.74) is 2.99. The Hall–Kier alpha value is -3.78. The van der Waals surface area contributed by atoms with Crippen molar-refractivity contribution in [1.82, 2.24) is 4.57 Å². The molecule has 0 aliphatic carbocycles. The van der Waals surface area contributed by atoms with E-state index in [4.69, 9.17) is 9.47 Å². The lowest BCUT2D eigenvalue weighted by Gasteiger charge is -2.31. The van der Waals surface area contributed by atoms with E-state index in [-0.39, 0.29) is 5.56 Å². The van der Waals surface area contributed by atoms with Gasteiger partial charge in [0.25, 0.3) is 5.56 Å². The molecule has 0 radical (unpaired) electrons. The highest BCUT2D eigenvalue weighted by molar-refractivity contribution is 5.85. The lowest BCUT2D eigenvalue weighted by molar-refractivity contribution is 0.158. The van der Waals surface area contributed by atoms with Crippen molar-refractivity contribution in [2.75, 3.05) is 7.11 Å². The van der Waals surface area contributed by atoms with E-state index in [9.17, 15) is 10.1 Å². The number of aromatic nitrogens is 1. The van der Waals surface area contributed by atoms with Crippen LogP contribution in [0.25, 0.3) is 5.57 Å². The zero-order valence-electron chi connectivity index (χ0n) is 17.2. The fraction of sp³-hybridized carbons (Fsp3) is 0.200. The van der Waals surface area contributed by atoms with Crippen LogP contribution in [0.2, 0.25) is 0 Å². The largest absolute Gasteiger partial charge is 0.497 e. The molecule has 1 aliphatic rings. The molecule has 1 aromatic heterocycles. The summed E-state index contributed by atoms with van der Waals surface area (Å²) in [6, 6.07) is 18.8. The van der Waals surface area contributed by atoms with E-state index in [1.807, 2.05) is 56.3 Å². The maximum atomic E-state index is 13.4. The minimum Gasteiger partial charge on any atom is -0.497 e. The average molecular weight is 398 g/mol. The standard InChI is InChI=1S/C25H22N2O3/c1-25(2)14-22(21-13-18(15-26)8-11-23(21)30-25)20-5-4-12-27(24(20)28)16-17-6-9-19(29-3)10-7-17/h4-14H,16H2,1-3H3. The van der Waals surface area contributed by atoms with Crippen molar-refractivity contribution in [3.8, 4) is 17.6 Å². The van der Waals surface area contributed by atoms with Crippen molar-refractivity contribution in [2.45, 2.75) is 26.0 Å². The summed E-state index contributed by atoms with van der Waals surface area (Å²) in [7, 11) is 1.63. The zero-order valence-corrected chi connectivity index (χ0v) is 17.2. The Labute approximate surface area is 175 Å². The Kier molecular flexibility index (Phi) is 4.93. The van der Waals surface area contributed by atoms with Gasteiger partial charge in [-0.1, -0.05) is 12.1 Å². The van der Waals surface area contributed by atoms with Crippen molar-refractivity contribution in [3.63, 3.8) is 0 Å². The van der Waals surface area contributed by atoms with E-state index in [1.165, 1.54) is 0 Å². The van der Waals surface area contributed by atoms with Gasteiger partial charge in [0.15, 0.2) is 0 Å². The van der Waals surface area contributed by atoms with Gasteiger partial charge in [-0.25, -0.2) is 0 Å². The lowest BCUT2D eigenvalue weighted by Crippen LogP contribution is -2.31. The van der Waals surface area contributed by atoms with Gasteiger partial charge in [-0.05, 0) is 73.5 Å². The summed E-state index contributed by atoms with van der Waals surface area (Å²) in [5, 5.41) is 9.31. The first-order chi connectivity index (χ1) is 14.4. The van der Waals surface area contributed by atoms with E-state index >= 15 is 0 Å². The molecule has 2 aromatic carbocycles. The third-order valence-electron chi connectivity index (χ3n) is 5.09. The molecule has 4 rings (SSSR count). The van der Waals surface area contributed by atoms with Crippen LogP contribution < -0.4 is 15.0 Å². The molecule has 0 saturated heterocycles. The first-order valence-corrected chi connectivity index (χ1v) is 9.69. The third-order valence-corrected chi connectivity index (χ3v) is 5.09. The Morgan fingerprint density at radius 3 is 2.57 bits per heavy atom. The number of hydrogen-bond donors (Lipinski definition) is 0. The van der Waals surface area contributed by atoms with Crippen LogP contribution in [0.15, 0.2) is 71.7 Å². The summed E-state index contributed by atoms with van der Waals surface area (Å²) in [4.78, 5) is 13.4. The number of fused-ring (bicyclic) bond motifs is 1. The minimum atomic E-state index is -0.570. The van der Waals surface area contributed by atoms with Crippen molar-refractivity contribution in [3.05, 3.63) is 99.5 Å². The highest BCUT2D eigenvalue weighted by atomic mass is 16.5. The van der Waals surface area contributed by atoms with E-state index in [0.29, 0.717) is 23.4 Å². The van der Waals surface area contributed by atoms with E-state index in [2.05, 4.69) is 6.07 Å². The maximum absolute atomic E-state index is 13.4. The highest BCUT2D eigenvalue weighted by Crippen LogP contribution is 2.39. The van der Waals surface area contributed by atoms with Gasteiger partial charge in [-0.3, -0.25) is 4.79 Å². The number of nitriles is 1. The number of benzene rings is 2. The fourth-order valence-corrected chi connectivity index (χ4v) is 3.65. The molecule has 0 saturated carbocycles.